The van der Waals surface area contributed by atoms with Crippen LogP contribution in [0.4, 0.5) is 5.13 Å². The van der Waals surface area contributed by atoms with Crippen LogP contribution in [-0.2, 0) is 0 Å². The molecule has 0 radical (unpaired) electrons. The molecular formula is C25H27N5O2S. The summed E-state index contributed by atoms with van der Waals surface area (Å²) in [7, 11) is 1.66. The molecule has 0 saturated carbocycles. The van der Waals surface area contributed by atoms with Crippen molar-refractivity contribution in [2.45, 2.75) is 20.8 Å². The highest BCUT2D eigenvalue weighted by Gasteiger charge is 2.26. The van der Waals surface area contributed by atoms with Gasteiger partial charge in [0, 0.05) is 31.7 Å². The summed E-state index contributed by atoms with van der Waals surface area (Å²) in [5, 5.41) is 5.68. The number of aromatic nitrogens is 3. The van der Waals surface area contributed by atoms with Crippen LogP contribution in [0.5, 0.6) is 5.75 Å². The molecule has 1 aliphatic rings. The number of rotatable bonds is 4. The van der Waals surface area contributed by atoms with Crippen LogP contribution in [-0.4, -0.2) is 58.9 Å². The Morgan fingerprint density at radius 3 is 2.39 bits per heavy atom. The standard InChI is InChI=1S/C25H27N5O2S/c1-16-5-10-21(17(2)15-16)24(31)28-11-13-29(14-12-28)25-26-23-22(33-25)18(3)27-30(23)19-6-8-20(32-4)9-7-19/h5-10,15H,11-14H2,1-4H3. The van der Waals surface area contributed by atoms with Crippen molar-refractivity contribution in [3.8, 4) is 11.4 Å². The first-order valence-electron chi connectivity index (χ1n) is 11.1. The van der Waals surface area contributed by atoms with Crippen molar-refractivity contribution in [1.29, 1.82) is 0 Å². The van der Waals surface area contributed by atoms with Crippen LogP contribution in [0.1, 0.15) is 27.2 Å². The molecule has 0 aliphatic carbocycles. The van der Waals surface area contributed by atoms with Gasteiger partial charge in [-0.1, -0.05) is 29.0 Å². The van der Waals surface area contributed by atoms with Crippen molar-refractivity contribution in [2.24, 2.45) is 0 Å². The van der Waals surface area contributed by atoms with E-state index in [1.165, 1.54) is 5.56 Å². The Morgan fingerprint density at radius 2 is 1.73 bits per heavy atom. The molecule has 0 atom stereocenters. The molecule has 0 spiro atoms. The predicted octanol–water partition coefficient (Wildman–Crippen LogP) is 4.38. The van der Waals surface area contributed by atoms with Gasteiger partial charge < -0.3 is 14.5 Å². The second kappa shape index (κ2) is 8.51. The predicted molar refractivity (Wildman–Crippen MR) is 132 cm³/mol. The number of hydrogen-bond donors (Lipinski definition) is 0. The summed E-state index contributed by atoms with van der Waals surface area (Å²) in [5.41, 5.74) is 5.79. The average molecular weight is 462 g/mol. The normalized spacial score (nSPS) is 14.2. The molecule has 0 unspecified atom stereocenters. The topological polar surface area (TPSA) is 63.5 Å². The molecule has 7 nitrogen and oxygen atoms in total. The van der Waals surface area contributed by atoms with E-state index in [1.54, 1.807) is 18.4 Å². The molecule has 4 aromatic rings. The van der Waals surface area contributed by atoms with Crippen molar-refractivity contribution in [3.05, 3.63) is 64.8 Å². The van der Waals surface area contributed by atoms with Gasteiger partial charge >= 0.3 is 0 Å². The molecule has 8 heteroatoms. The lowest BCUT2D eigenvalue weighted by molar-refractivity contribution is 0.0746. The molecule has 3 heterocycles. The number of carbonyl (C=O) groups is 1. The third-order valence-corrected chi connectivity index (χ3v) is 7.36. The van der Waals surface area contributed by atoms with Gasteiger partial charge in [-0.25, -0.2) is 4.68 Å². The van der Waals surface area contributed by atoms with Crippen LogP contribution in [0.15, 0.2) is 42.5 Å². The van der Waals surface area contributed by atoms with Crippen LogP contribution >= 0.6 is 11.3 Å². The number of methoxy groups -OCH3 is 1. The van der Waals surface area contributed by atoms with Gasteiger partial charge in [-0.2, -0.15) is 10.1 Å². The number of benzene rings is 2. The quantitative estimate of drug-likeness (QED) is 0.451. The molecule has 2 aromatic carbocycles. The number of anilines is 1. The summed E-state index contributed by atoms with van der Waals surface area (Å²) < 4.78 is 8.25. The van der Waals surface area contributed by atoms with E-state index < -0.39 is 0 Å². The van der Waals surface area contributed by atoms with E-state index in [0.29, 0.717) is 13.1 Å². The SMILES string of the molecule is COc1ccc(-n2nc(C)c3sc(N4CCN(C(=O)c5ccc(C)cc5C)CC4)nc32)cc1. The third-order valence-electron chi connectivity index (χ3n) is 6.14. The molecule has 0 N–H and O–H groups in total. The molecule has 0 bridgehead atoms. The lowest BCUT2D eigenvalue weighted by atomic mass is 10.0. The van der Waals surface area contributed by atoms with E-state index in [4.69, 9.17) is 14.8 Å². The van der Waals surface area contributed by atoms with Crippen LogP contribution in [0.2, 0.25) is 0 Å². The minimum absolute atomic E-state index is 0.113. The molecule has 2 aromatic heterocycles. The molecule has 5 rings (SSSR count). The van der Waals surface area contributed by atoms with E-state index >= 15 is 0 Å². The van der Waals surface area contributed by atoms with Crippen molar-refractivity contribution in [2.75, 3.05) is 38.2 Å². The lowest BCUT2D eigenvalue weighted by Gasteiger charge is -2.34. The highest BCUT2D eigenvalue weighted by Crippen LogP contribution is 2.33. The minimum Gasteiger partial charge on any atom is -0.497 e. The van der Waals surface area contributed by atoms with Crippen LogP contribution in [0, 0.1) is 20.8 Å². The molecule has 1 fully saturated rings. The average Bonchev–Trinajstić information content (AvgIpc) is 3.39. The summed E-state index contributed by atoms with van der Waals surface area (Å²) in [5.74, 6) is 0.925. The summed E-state index contributed by atoms with van der Waals surface area (Å²) in [6.45, 7) is 8.98. The van der Waals surface area contributed by atoms with Crippen molar-refractivity contribution >= 4 is 32.7 Å². The number of thiazole rings is 1. The van der Waals surface area contributed by atoms with Crippen molar-refractivity contribution in [3.63, 3.8) is 0 Å². The summed E-state index contributed by atoms with van der Waals surface area (Å²) in [6.07, 6.45) is 0. The highest BCUT2D eigenvalue weighted by atomic mass is 32.1. The largest absolute Gasteiger partial charge is 0.497 e. The maximum atomic E-state index is 13.0. The van der Waals surface area contributed by atoms with E-state index in [2.05, 4.69) is 11.0 Å². The summed E-state index contributed by atoms with van der Waals surface area (Å²) in [4.78, 5) is 22.2. The van der Waals surface area contributed by atoms with E-state index in [0.717, 1.165) is 56.8 Å². The van der Waals surface area contributed by atoms with Gasteiger partial charge in [0.05, 0.1) is 23.2 Å². The van der Waals surface area contributed by atoms with Crippen molar-refractivity contribution in [1.82, 2.24) is 19.7 Å². The Morgan fingerprint density at radius 1 is 1.00 bits per heavy atom. The number of piperazine rings is 1. The zero-order valence-electron chi connectivity index (χ0n) is 19.3. The molecule has 170 valence electrons. The number of fused-ring (bicyclic) bond motifs is 1. The monoisotopic (exact) mass is 461 g/mol. The number of nitrogens with zero attached hydrogens (tertiary/aromatic N) is 5. The van der Waals surface area contributed by atoms with Crippen molar-refractivity contribution < 1.29 is 9.53 Å². The van der Waals surface area contributed by atoms with Gasteiger partial charge in [0.25, 0.3) is 5.91 Å². The summed E-state index contributed by atoms with van der Waals surface area (Å²) >= 11 is 1.67. The van der Waals surface area contributed by atoms with E-state index in [9.17, 15) is 4.79 Å². The Hall–Kier alpha value is -3.39. The fourth-order valence-electron chi connectivity index (χ4n) is 4.29. The molecular weight excluding hydrogens is 434 g/mol. The Balaban J connectivity index is 1.34. The van der Waals surface area contributed by atoms with E-state index in [1.807, 2.05) is 66.8 Å². The van der Waals surface area contributed by atoms with Crippen LogP contribution < -0.4 is 9.64 Å². The highest BCUT2D eigenvalue weighted by molar-refractivity contribution is 7.22. The smallest absolute Gasteiger partial charge is 0.254 e. The number of amides is 1. The van der Waals surface area contributed by atoms with Gasteiger partial charge in [-0.05, 0) is 56.7 Å². The Bertz CT molecular complexity index is 1320. The first-order valence-corrected chi connectivity index (χ1v) is 11.9. The van der Waals surface area contributed by atoms with Gasteiger partial charge in [-0.3, -0.25) is 4.79 Å². The number of carbonyl (C=O) groups excluding carboxylic acids is 1. The maximum absolute atomic E-state index is 13.0. The van der Waals surface area contributed by atoms with Gasteiger partial charge in [0.2, 0.25) is 0 Å². The summed E-state index contributed by atoms with van der Waals surface area (Å²) in [6, 6.07) is 13.9. The zero-order chi connectivity index (χ0) is 23.1. The van der Waals surface area contributed by atoms with Crippen LogP contribution in [0.3, 0.4) is 0 Å². The second-order valence-electron chi connectivity index (χ2n) is 8.44. The van der Waals surface area contributed by atoms with Crippen LogP contribution in [0.25, 0.3) is 16.0 Å². The molecule has 1 amide bonds. The third kappa shape index (κ3) is 3.95. The number of aryl methyl sites for hydroxylation is 3. The fourth-order valence-corrected chi connectivity index (χ4v) is 5.32. The van der Waals surface area contributed by atoms with Gasteiger partial charge in [-0.15, -0.1) is 0 Å². The Labute approximate surface area is 197 Å². The number of ether oxygens (including phenoxy) is 1. The fraction of sp³-hybridized carbons (Fsp3) is 0.320. The van der Waals surface area contributed by atoms with Gasteiger partial charge in [0.1, 0.15) is 5.75 Å². The maximum Gasteiger partial charge on any atom is 0.254 e. The first kappa shape index (κ1) is 21.5. The first-order chi connectivity index (χ1) is 15.9. The number of hydrogen-bond acceptors (Lipinski definition) is 6. The lowest BCUT2D eigenvalue weighted by Crippen LogP contribution is -2.48. The Kier molecular flexibility index (Phi) is 5.54. The molecule has 1 saturated heterocycles. The zero-order valence-corrected chi connectivity index (χ0v) is 20.1. The second-order valence-corrected chi connectivity index (χ2v) is 9.42. The van der Waals surface area contributed by atoms with Gasteiger partial charge in [0.15, 0.2) is 10.8 Å². The van der Waals surface area contributed by atoms with E-state index in [-0.39, 0.29) is 5.91 Å². The minimum atomic E-state index is 0.113. The molecule has 33 heavy (non-hydrogen) atoms. The molecule has 1 aliphatic heterocycles.